The lowest BCUT2D eigenvalue weighted by Gasteiger charge is -2.39. The number of hydrogen-bond donors (Lipinski definition) is 0. The number of amides is 1. The fourth-order valence-electron chi connectivity index (χ4n) is 4.65. The van der Waals surface area contributed by atoms with Crippen LogP contribution in [0.25, 0.3) is 0 Å². The first-order valence-electron chi connectivity index (χ1n) is 9.80. The summed E-state index contributed by atoms with van der Waals surface area (Å²) in [5, 5.41) is 4.02. The van der Waals surface area contributed by atoms with Crippen molar-refractivity contribution >= 4 is 17.4 Å². The maximum atomic E-state index is 12.8. The van der Waals surface area contributed by atoms with Gasteiger partial charge in [-0.1, -0.05) is 10.6 Å². The molecule has 1 unspecified atom stereocenters. The van der Waals surface area contributed by atoms with Gasteiger partial charge in [0.05, 0.1) is 11.5 Å². The van der Waals surface area contributed by atoms with Gasteiger partial charge in [-0.15, -0.1) is 5.10 Å². The summed E-state index contributed by atoms with van der Waals surface area (Å²) in [5.41, 5.74) is 2.01. The van der Waals surface area contributed by atoms with Crippen molar-refractivity contribution < 1.29 is 9.53 Å². The Morgan fingerprint density at radius 2 is 2.21 bits per heavy atom. The highest BCUT2D eigenvalue weighted by molar-refractivity contribution is 7.05. The van der Waals surface area contributed by atoms with Crippen LogP contribution in [0, 0.1) is 12.3 Å². The minimum Gasteiger partial charge on any atom is -0.383 e. The predicted molar refractivity (Wildman–Crippen MR) is 107 cm³/mol. The van der Waals surface area contributed by atoms with E-state index in [1.807, 2.05) is 30.3 Å². The minimum absolute atomic E-state index is 0.0276. The molecule has 4 heterocycles. The molecule has 0 aromatic carbocycles. The molecule has 2 aliphatic rings. The topological polar surface area (TPSA) is 71.5 Å². The number of ether oxygens (including phenoxy) is 1. The van der Waals surface area contributed by atoms with Gasteiger partial charge in [0.2, 0.25) is 0 Å². The molecule has 28 heavy (non-hydrogen) atoms. The molecule has 1 atom stereocenters. The molecule has 2 aliphatic heterocycles. The maximum Gasteiger partial charge on any atom is 0.275 e. The van der Waals surface area contributed by atoms with Crippen LogP contribution in [0.5, 0.6) is 0 Å². The molecular formula is C20H27N5O2S. The Balaban J connectivity index is 1.41. The quantitative estimate of drug-likeness (QED) is 0.766. The predicted octanol–water partition coefficient (Wildman–Crippen LogP) is 2.38. The molecule has 0 saturated carbocycles. The van der Waals surface area contributed by atoms with E-state index in [1.54, 1.807) is 7.11 Å². The van der Waals surface area contributed by atoms with Gasteiger partial charge in [-0.05, 0) is 54.8 Å². The summed E-state index contributed by atoms with van der Waals surface area (Å²) in [6.45, 7) is 6.18. The van der Waals surface area contributed by atoms with Gasteiger partial charge in [-0.2, -0.15) is 0 Å². The monoisotopic (exact) mass is 401 g/mol. The van der Waals surface area contributed by atoms with Crippen molar-refractivity contribution in [3.05, 3.63) is 40.7 Å². The molecule has 2 fully saturated rings. The van der Waals surface area contributed by atoms with Crippen LogP contribution in [-0.2, 0) is 11.3 Å². The SMILES string of the molecule is COCC1CC2(CCN(C(=O)c3nnsc3C)CC2)CN1Cc1cccnc1. The summed E-state index contributed by atoms with van der Waals surface area (Å²) in [5.74, 6) is 0.0276. The Morgan fingerprint density at radius 1 is 1.39 bits per heavy atom. The number of pyridine rings is 1. The highest BCUT2D eigenvalue weighted by Crippen LogP contribution is 2.44. The second kappa shape index (κ2) is 8.23. The summed E-state index contributed by atoms with van der Waals surface area (Å²) >= 11 is 1.29. The Bertz CT molecular complexity index is 804. The van der Waals surface area contributed by atoms with Crippen molar-refractivity contribution in [1.82, 2.24) is 24.4 Å². The zero-order valence-electron chi connectivity index (χ0n) is 16.5. The first-order valence-corrected chi connectivity index (χ1v) is 10.6. The third-order valence-electron chi connectivity index (χ3n) is 6.16. The Morgan fingerprint density at radius 3 is 2.86 bits per heavy atom. The maximum absolute atomic E-state index is 12.8. The number of methoxy groups -OCH3 is 1. The lowest BCUT2D eigenvalue weighted by molar-refractivity contribution is 0.0581. The highest BCUT2D eigenvalue weighted by Gasteiger charge is 2.46. The molecule has 7 nitrogen and oxygen atoms in total. The fraction of sp³-hybridized carbons (Fsp3) is 0.600. The Hall–Kier alpha value is -1.90. The third kappa shape index (κ3) is 3.94. The number of hydrogen-bond acceptors (Lipinski definition) is 7. The van der Waals surface area contributed by atoms with E-state index in [-0.39, 0.29) is 11.3 Å². The molecule has 0 aliphatic carbocycles. The van der Waals surface area contributed by atoms with Crippen molar-refractivity contribution in [2.24, 2.45) is 5.41 Å². The summed E-state index contributed by atoms with van der Waals surface area (Å²) in [7, 11) is 1.78. The number of nitrogens with zero attached hydrogens (tertiary/aromatic N) is 5. The van der Waals surface area contributed by atoms with E-state index in [0.717, 1.165) is 56.9 Å². The van der Waals surface area contributed by atoms with E-state index in [9.17, 15) is 4.79 Å². The van der Waals surface area contributed by atoms with Crippen LogP contribution in [0.3, 0.4) is 0 Å². The average Bonchev–Trinajstić information content (AvgIpc) is 3.27. The highest BCUT2D eigenvalue weighted by atomic mass is 32.1. The van der Waals surface area contributed by atoms with E-state index < -0.39 is 0 Å². The van der Waals surface area contributed by atoms with Gasteiger partial charge in [0, 0.05) is 51.7 Å². The van der Waals surface area contributed by atoms with E-state index in [4.69, 9.17) is 4.74 Å². The van der Waals surface area contributed by atoms with E-state index in [2.05, 4.69) is 25.5 Å². The molecule has 0 N–H and O–H groups in total. The molecule has 0 radical (unpaired) electrons. The number of aromatic nitrogens is 3. The van der Waals surface area contributed by atoms with Crippen LogP contribution < -0.4 is 0 Å². The lowest BCUT2D eigenvalue weighted by atomic mass is 9.76. The van der Waals surface area contributed by atoms with Crippen LogP contribution in [0.1, 0.15) is 40.2 Å². The van der Waals surface area contributed by atoms with Crippen molar-refractivity contribution in [3.8, 4) is 0 Å². The van der Waals surface area contributed by atoms with Gasteiger partial charge in [-0.25, -0.2) is 0 Å². The summed E-state index contributed by atoms with van der Waals surface area (Å²) in [6.07, 6.45) is 6.94. The van der Waals surface area contributed by atoms with Gasteiger partial charge >= 0.3 is 0 Å². The van der Waals surface area contributed by atoms with Crippen LogP contribution in [0.4, 0.5) is 0 Å². The normalized spacial score (nSPS) is 22.1. The molecule has 2 saturated heterocycles. The van der Waals surface area contributed by atoms with Crippen molar-refractivity contribution in [1.29, 1.82) is 0 Å². The zero-order chi connectivity index (χ0) is 19.6. The minimum atomic E-state index is 0.0276. The zero-order valence-corrected chi connectivity index (χ0v) is 17.3. The fourth-order valence-corrected chi connectivity index (χ4v) is 5.11. The van der Waals surface area contributed by atoms with Gasteiger partial charge in [-0.3, -0.25) is 14.7 Å². The molecule has 0 bridgehead atoms. The number of carbonyl (C=O) groups is 1. The molecule has 1 spiro atoms. The van der Waals surface area contributed by atoms with Crippen LogP contribution in [0.15, 0.2) is 24.5 Å². The number of likely N-dealkylation sites (tertiary alicyclic amines) is 2. The molecule has 1 amide bonds. The van der Waals surface area contributed by atoms with Gasteiger partial charge < -0.3 is 9.64 Å². The van der Waals surface area contributed by atoms with Gasteiger partial charge in [0.25, 0.3) is 5.91 Å². The molecule has 150 valence electrons. The van der Waals surface area contributed by atoms with Gasteiger partial charge in [0.15, 0.2) is 5.69 Å². The van der Waals surface area contributed by atoms with Crippen molar-refractivity contribution in [2.45, 2.75) is 38.8 Å². The number of rotatable bonds is 5. The Labute approximate surface area is 169 Å². The number of carbonyl (C=O) groups excluding carboxylic acids is 1. The van der Waals surface area contributed by atoms with E-state index in [1.165, 1.54) is 17.1 Å². The van der Waals surface area contributed by atoms with Gasteiger partial charge in [0.1, 0.15) is 0 Å². The van der Waals surface area contributed by atoms with Crippen molar-refractivity contribution in [2.75, 3.05) is 33.4 Å². The van der Waals surface area contributed by atoms with E-state index >= 15 is 0 Å². The van der Waals surface area contributed by atoms with Crippen LogP contribution in [0.2, 0.25) is 0 Å². The lowest BCUT2D eigenvalue weighted by Crippen LogP contribution is -2.44. The van der Waals surface area contributed by atoms with Crippen LogP contribution in [-0.4, -0.2) is 69.7 Å². The molecule has 8 heteroatoms. The van der Waals surface area contributed by atoms with Crippen molar-refractivity contribution in [3.63, 3.8) is 0 Å². The number of piperidine rings is 1. The molecule has 2 aromatic rings. The average molecular weight is 402 g/mol. The molecule has 4 rings (SSSR count). The molecular weight excluding hydrogens is 374 g/mol. The second-order valence-corrected chi connectivity index (χ2v) is 9.01. The summed E-state index contributed by atoms with van der Waals surface area (Å²) in [6, 6.07) is 4.54. The Kier molecular flexibility index (Phi) is 5.70. The third-order valence-corrected chi connectivity index (χ3v) is 6.79. The summed E-state index contributed by atoms with van der Waals surface area (Å²) in [4.78, 5) is 22.4. The molecule has 2 aromatic heterocycles. The van der Waals surface area contributed by atoms with E-state index in [0.29, 0.717) is 11.7 Å². The second-order valence-electron chi connectivity index (χ2n) is 8.05. The standard InChI is InChI=1S/C20H27N5O2S/c1-15-18(22-23-28-15)19(26)24-8-5-20(6-9-24)10-17(13-27-2)25(14-20)12-16-4-3-7-21-11-16/h3-4,7,11,17H,5-6,8-10,12-14H2,1-2H3. The largest absolute Gasteiger partial charge is 0.383 e. The van der Waals surface area contributed by atoms with Crippen LogP contribution >= 0.6 is 11.5 Å². The smallest absolute Gasteiger partial charge is 0.275 e. The first kappa shape index (κ1) is 19.4. The first-order chi connectivity index (χ1) is 13.6. The number of aryl methyl sites for hydroxylation is 1. The summed E-state index contributed by atoms with van der Waals surface area (Å²) < 4.78 is 9.42.